The lowest BCUT2D eigenvalue weighted by Gasteiger charge is -2.37. The fourth-order valence-electron chi connectivity index (χ4n) is 2.01. The lowest BCUT2D eigenvalue weighted by Crippen LogP contribution is -2.56. The molecule has 0 aromatic heterocycles. The third-order valence-corrected chi connectivity index (χ3v) is 2.70. The van der Waals surface area contributed by atoms with Gasteiger partial charge in [-0.1, -0.05) is 0 Å². The Balaban J connectivity index is 2.11. The summed E-state index contributed by atoms with van der Waals surface area (Å²) < 4.78 is 42.0. The number of nitrogens with zero attached hydrogens (tertiary/aromatic N) is 1. The summed E-state index contributed by atoms with van der Waals surface area (Å²) in [6, 6.07) is -0.479. The van der Waals surface area contributed by atoms with Gasteiger partial charge in [-0.25, -0.2) is 0 Å². The van der Waals surface area contributed by atoms with Gasteiger partial charge in [-0.2, -0.15) is 13.2 Å². The van der Waals surface area contributed by atoms with Crippen molar-refractivity contribution in [3.05, 3.63) is 0 Å². The number of ether oxygens (including phenoxy) is 1. The summed E-state index contributed by atoms with van der Waals surface area (Å²) in [5.41, 5.74) is 0. The normalized spacial score (nSPS) is 31.5. The molecule has 2 rings (SSSR count). The van der Waals surface area contributed by atoms with Crippen molar-refractivity contribution < 1.29 is 22.7 Å². The van der Waals surface area contributed by atoms with Gasteiger partial charge in [0.1, 0.15) is 0 Å². The molecule has 15 heavy (non-hydrogen) atoms. The van der Waals surface area contributed by atoms with Gasteiger partial charge in [0.15, 0.2) is 0 Å². The molecule has 0 aromatic rings. The molecular weight excluding hydrogens is 213 g/mol. The fourth-order valence-corrected chi connectivity index (χ4v) is 2.01. The van der Waals surface area contributed by atoms with E-state index in [0.717, 1.165) is 4.90 Å². The Morgan fingerprint density at radius 3 is 2.80 bits per heavy atom. The summed E-state index contributed by atoms with van der Waals surface area (Å²) in [7, 11) is 0. The first-order valence-electron chi connectivity index (χ1n) is 4.70. The summed E-state index contributed by atoms with van der Waals surface area (Å²) in [4.78, 5) is 11.9. The summed E-state index contributed by atoms with van der Waals surface area (Å²) in [5.74, 6) is -1.76. The van der Waals surface area contributed by atoms with Crippen LogP contribution >= 0.6 is 0 Å². The van der Waals surface area contributed by atoms with Gasteiger partial charge in [0.2, 0.25) is 0 Å². The number of carbonyl (C=O) groups excluding carboxylic acids is 1. The molecular formula is C8H11F3N2O2. The number of nitrogens with one attached hydrogen (secondary N) is 1. The summed E-state index contributed by atoms with van der Waals surface area (Å²) in [5, 5.41) is 2.91. The van der Waals surface area contributed by atoms with Crippen molar-refractivity contribution >= 4 is 5.91 Å². The van der Waals surface area contributed by atoms with Crippen LogP contribution in [0.5, 0.6) is 0 Å². The van der Waals surface area contributed by atoms with Crippen LogP contribution in [0.2, 0.25) is 0 Å². The zero-order valence-corrected chi connectivity index (χ0v) is 7.88. The van der Waals surface area contributed by atoms with Gasteiger partial charge in [0.05, 0.1) is 18.8 Å². The molecule has 0 aromatic carbocycles. The highest BCUT2D eigenvalue weighted by atomic mass is 19.4. The van der Waals surface area contributed by atoms with Gasteiger partial charge in [0.25, 0.3) is 0 Å². The lowest BCUT2D eigenvalue weighted by atomic mass is 10.1. The van der Waals surface area contributed by atoms with Gasteiger partial charge in [-0.3, -0.25) is 4.79 Å². The van der Waals surface area contributed by atoms with Crippen LogP contribution in [0.15, 0.2) is 0 Å². The van der Waals surface area contributed by atoms with E-state index in [0.29, 0.717) is 13.1 Å². The number of carbonyl (C=O) groups is 1. The molecule has 0 spiro atoms. The van der Waals surface area contributed by atoms with Crippen LogP contribution in [0.1, 0.15) is 0 Å². The largest absolute Gasteiger partial charge is 0.471 e. The first-order valence-corrected chi connectivity index (χ1v) is 4.70. The zero-order valence-electron chi connectivity index (χ0n) is 7.88. The maximum atomic E-state index is 12.2. The molecule has 0 unspecified atom stereocenters. The molecule has 0 aliphatic carbocycles. The Morgan fingerprint density at radius 2 is 2.13 bits per heavy atom. The number of fused-ring (bicyclic) bond motifs is 1. The number of amides is 1. The second-order valence-corrected chi connectivity index (χ2v) is 3.63. The highest BCUT2D eigenvalue weighted by molar-refractivity contribution is 5.82. The Kier molecular flexibility index (Phi) is 2.59. The highest BCUT2D eigenvalue weighted by Crippen LogP contribution is 2.24. The van der Waals surface area contributed by atoms with E-state index in [9.17, 15) is 18.0 Å². The van der Waals surface area contributed by atoms with E-state index in [4.69, 9.17) is 4.74 Å². The maximum Gasteiger partial charge on any atom is 0.471 e. The molecule has 2 fully saturated rings. The minimum atomic E-state index is -4.79. The van der Waals surface area contributed by atoms with Crippen molar-refractivity contribution in [2.45, 2.75) is 18.3 Å². The van der Waals surface area contributed by atoms with Gasteiger partial charge in [-0.15, -0.1) is 0 Å². The molecule has 2 aliphatic rings. The van der Waals surface area contributed by atoms with Crippen molar-refractivity contribution in [3.8, 4) is 0 Å². The Hall–Kier alpha value is -0.820. The maximum absolute atomic E-state index is 12.2. The van der Waals surface area contributed by atoms with Gasteiger partial charge in [0, 0.05) is 19.6 Å². The van der Waals surface area contributed by atoms with E-state index < -0.39 is 18.1 Å². The van der Waals surface area contributed by atoms with Crippen molar-refractivity contribution in [1.82, 2.24) is 10.2 Å². The van der Waals surface area contributed by atoms with E-state index in [1.807, 2.05) is 0 Å². The SMILES string of the molecule is O=C(N1CCO[C@H]2CNC[C@H]21)C(F)(F)F. The van der Waals surface area contributed by atoms with E-state index in [1.54, 1.807) is 0 Å². The quantitative estimate of drug-likeness (QED) is 0.616. The third kappa shape index (κ3) is 1.93. The zero-order chi connectivity index (χ0) is 11.1. The fraction of sp³-hybridized carbons (Fsp3) is 0.875. The molecule has 4 nitrogen and oxygen atoms in total. The Morgan fingerprint density at radius 1 is 1.40 bits per heavy atom. The van der Waals surface area contributed by atoms with E-state index >= 15 is 0 Å². The van der Waals surface area contributed by atoms with Crippen LogP contribution in [0, 0.1) is 0 Å². The van der Waals surface area contributed by atoms with Crippen LogP contribution < -0.4 is 5.32 Å². The second kappa shape index (κ2) is 3.64. The monoisotopic (exact) mass is 224 g/mol. The van der Waals surface area contributed by atoms with E-state index in [2.05, 4.69) is 5.32 Å². The summed E-state index contributed by atoms with van der Waals surface area (Å²) in [6.07, 6.45) is -5.09. The molecule has 2 heterocycles. The minimum absolute atomic E-state index is 0.0151. The highest BCUT2D eigenvalue weighted by Gasteiger charge is 2.48. The molecule has 0 saturated carbocycles. The molecule has 0 radical (unpaired) electrons. The van der Waals surface area contributed by atoms with Crippen LogP contribution in [-0.2, 0) is 9.53 Å². The molecule has 2 aliphatic heterocycles. The van der Waals surface area contributed by atoms with Gasteiger partial charge < -0.3 is 15.0 Å². The van der Waals surface area contributed by atoms with Crippen molar-refractivity contribution in [2.24, 2.45) is 0 Å². The number of rotatable bonds is 0. The number of hydrogen-bond donors (Lipinski definition) is 1. The second-order valence-electron chi connectivity index (χ2n) is 3.63. The van der Waals surface area contributed by atoms with Gasteiger partial charge in [-0.05, 0) is 0 Å². The molecule has 1 amide bonds. The number of alkyl halides is 3. The minimum Gasteiger partial charge on any atom is -0.373 e. The van der Waals surface area contributed by atoms with Crippen molar-refractivity contribution in [2.75, 3.05) is 26.2 Å². The number of halogens is 3. The van der Waals surface area contributed by atoms with E-state index in [1.165, 1.54) is 0 Å². The van der Waals surface area contributed by atoms with Crippen LogP contribution in [-0.4, -0.2) is 55.4 Å². The Labute approximate surface area is 84.4 Å². The average Bonchev–Trinajstić information content (AvgIpc) is 2.62. The first kappa shape index (κ1) is 10.7. The standard InChI is InChI=1S/C8H11F3N2O2/c9-8(10,11)7(14)13-1-2-15-6-4-12-3-5(6)13/h5-6,12H,1-4H2/t5-,6+/m1/s1. The first-order chi connectivity index (χ1) is 7.00. The third-order valence-electron chi connectivity index (χ3n) is 2.70. The molecule has 2 saturated heterocycles. The van der Waals surface area contributed by atoms with Crippen LogP contribution in [0.25, 0.3) is 0 Å². The molecule has 1 N–H and O–H groups in total. The predicted molar refractivity (Wildman–Crippen MR) is 44.2 cm³/mol. The van der Waals surface area contributed by atoms with E-state index in [-0.39, 0.29) is 19.3 Å². The molecule has 2 atom stereocenters. The van der Waals surface area contributed by atoms with Crippen molar-refractivity contribution in [1.29, 1.82) is 0 Å². The van der Waals surface area contributed by atoms with Crippen LogP contribution in [0.4, 0.5) is 13.2 Å². The van der Waals surface area contributed by atoms with Crippen LogP contribution in [0.3, 0.4) is 0 Å². The number of hydrogen-bond acceptors (Lipinski definition) is 3. The van der Waals surface area contributed by atoms with Crippen molar-refractivity contribution in [3.63, 3.8) is 0 Å². The number of morpholine rings is 1. The topological polar surface area (TPSA) is 41.6 Å². The van der Waals surface area contributed by atoms with Gasteiger partial charge >= 0.3 is 12.1 Å². The smallest absolute Gasteiger partial charge is 0.373 e. The molecule has 86 valence electrons. The average molecular weight is 224 g/mol. The summed E-state index contributed by atoms with van der Waals surface area (Å²) >= 11 is 0. The molecule has 0 bridgehead atoms. The summed E-state index contributed by atoms with van der Waals surface area (Å²) in [6.45, 7) is 1.06. The Bertz CT molecular complexity index is 269. The molecule has 7 heteroatoms. The lowest BCUT2D eigenvalue weighted by molar-refractivity contribution is -0.194. The predicted octanol–water partition coefficient (Wildman–Crippen LogP) is -0.252.